The fourth-order valence-electron chi connectivity index (χ4n) is 2.05. The molecule has 0 aromatic heterocycles. The standard InChI is InChI=1S/C12H23NO2/c1-4-12(7-6-8-12)9-13-10(3)11(14)15-5-2/h10,13H,4-9H2,1-3H3. The molecule has 1 rings (SSSR count). The molecule has 1 fully saturated rings. The largest absolute Gasteiger partial charge is 0.465 e. The van der Waals surface area contributed by atoms with Crippen molar-refractivity contribution >= 4 is 5.97 Å². The fraction of sp³-hybridized carbons (Fsp3) is 0.917. The fourth-order valence-corrected chi connectivity index (χ4v) is 2.05. The molecule has 1 saturated carbocycles. The van der Waals surface area contributed by atoms with Crippen LogP contribution in [0.2, 0.25) is 0 Å². The van der Waals surface area contributed by atoms with Crippen LogP contribution >= 0.6 is 0 Å². The van der Waals surface area contributed by atoms with Gasteiger partial charge in [-0.2, -0.15) is 0 Å². The minimum absolute atomic E-state index is 0.136. The Bertz CT molecular complexity index is 206. The molecule has 3 heteroatoms. The number of carbonyl (C=O) groups excluding carboxylic acids is 1. The molecule has 0 bridgehead atoms. The zero-order valence-corrected chi connectivity index (χ0v) is 10.1. The second-order valence-corrected chi connectivity index (χ2v) is 4.56. The normalized spacial score (nSPS) is 20.5. The molecule has 1 atom stereocenters. The summed E-state index contributed by atoms with van der Waals surface area (Å²) in [5.74, 6) is -0.136. The second-order valence-electron chi connectivity index (χ2n) is 4.56. The van der Waals surface area contributed by atoms with Crippen molar-refractivity contribution in [1.29, 1.82) is 0 Å². The van der Waals surface area contributed by atoms with Gasteiger partial charge >= 0.3 is 5.97 Å². The number of carbonyl (C=O) groups is 1. The Morgan fingerprint density at radius 3 is 2.53 bits per heavy atom. The van der Waals surface area contributed by atoms with Crippen molar-refractivity contribution in [2.24, 2.45) is 5.41 Å². The maximum absolute atomic E-state index is 11.4. The van der Waals surface area contributed by atoms with Crippen molar-refractivity contribution in [2.75, 3.05) is 13.2 Å². The molecule has 1 unspecified atom stereocenters. The highest BCUT2D eigenvalue weighted by Crippen LogP contribution is 2.43. The van der Waals surface area contributed by atoms with Crippen LogP contribution in [0.5, 0.6) is 0 Å². The van der Waals surface area contributed by atoms with Gasteiger partial charge in [-0.1, -0.05) is 13.3 Å². The first kappa shape index (κ1) is 12.5. The molecule has 0 heterocycles. The third-order valence-corrected chi connectivity index (χ3v) is 3.59. The lowest BCUT2D eigenvalue weighted by Crippen LogP contribution is -2.45. The highest BCUT2D eigenvalue weighted by atomic mass is 16.5. The number of ether oxygens (including phenoxy) is 1. The van der Waals surface area contributed by atoms with Gasteiger partial charge in [0.25, 0.3) is 0 Å². The van der Waals surface area contributed by atoms with Crippen molar-refractivity contribution in [3.8, 4) is 0 Å². The minimum Gasteiger partial charge on any atom is -0.465 e. The molecule has 3 nitrogen and oxygen atoms in total. The molecule has 0 saturated heterocycles. The summed E-state index contributed by atoms with van der Waals surface area (Å²) in [4.78, 5) is 11.4. The maximum atomic E-state index is 11.4. The van der Waals surface area contributed by atoms with E-state index in [2.05, 4.69) is 12.2 Å². The van der Waals surface area contributed by atoms with Gasteiger partial charge in [-0.3, -0.25) is 4.79 Å². The molecule has 0 aromatic carbocycles. The van der Waals surface area contributed by atoms with Crippen LogP contribution < -0.4 is 5.32 Å². The van der Waals surface area contributed by atoms with E-state index >= 15 is 0 Å². The minimum atomic E-state index is -0.172. The number of nitrogens with one attached hydrogen (secondary N) is 1. The molecule has 1 aliphatic rings. The maximum Gasteiger partial charge on any atom is 0.322 e. The first-order chi connectivity index (χ1) is 7.13. The number of rotatable bonds is 6. The van der Waals surface area contributed by atoms with Gasteiger partial charge in [-0.25, -0.2) is 0 Å². The van der Waals surface area contributed by atoms with Crippen LogP contribution in [0.1, 0.15) is 46.5 Å². The van der Waals surface area contributed by atoms with Gasteiger partial charge in [0.1, 0.15) is 6.04 Å². The van der Waals surface area contributed by atoms with E-state index < -0.39 is 0 Å². The van der Waals surface area contributed by atoms with Crippen LogP contribution in [0, 0.1) is 5.41 Å². The second kappa shape index (κ2) is 5.50. The Labute approximate surface area is 92.6 Å². The highest BCUT2D eigenvalue weighted by molar-refractivity contribution is 5.75. The predicted octanol–water partition coefficient (Wildman–Crippen LogP) is 2.11. The Balaban J connectivity index is 2.26. The van der Waals surface area contributed by atoms with Crippen LogP contribution in [-0.4, -0.2) is 25.2 Å². The first-order valence-corrected chi connectivity index (χ1v) is 6.03. The van der Waals surface area contributed by atoms with Gasteiger partial charge in [-0.05, 0) is 38.5 Å². The molecule has 1 aliphatic carbocycles. The van der Waals surface area contributed by atoms with Crippen LogP contribution in [0.25, 0.3) is 0 Å². The molecule has 88 valence electrons. The number of hydrogen-bond donors (Lipinski definition) is 1. The smallest absolute Gasteiger partial charge is 0.322 e. The van der Waals surface area contributed by atoms with Crippen molar-refractivity contribution < 1.29 is 9.53 Å². The summed E-state index contributed by atoms with van der Waals surface area (Å²) in [5.41, 5.74) is 0.459. The van der Waals surface area contributed by atoms with Crippen LogP contribution in [0.4, 0.5) is 0 Å². The lowest BCUT2D eigenvalue weighted by Gasteiger charge is -2.42. The molecule has 0 aromatic rings. The highest BCUT2D eigenvalue weighted by Gasteiger charge is 2.35. The lowest BCUT2D eigenvalue weighted by atomic mass is 9.67. The Kier molecular flexibility index (Phi) is 4.58. The van der Waals surface area contributed by atoms with Crippen LogP contribution in [0.3, 0.4) is 0 Å². The summed E-state index contributed by atoms with van der Waals surface area (Å²) in [6, 6.07) is -0.172. The van der Waals surface area contributed by atoms with E-state index in [1.54, 1.807) is 0 Å². The average molecular weight is 213 g/mol. The third-order valence-electron chi connectivity index (χ3n) is 3.59. The van der Waals surface area contributed by atoms with Crippen molar-refractivity contribution in [3.63, 3.8) is 0 Å². The van der Waals surface area contributed by atoms with Gasteiger partial charge < -0.3 is 10.1 Å². The quantitative estimate of drug-likeness (QED) is 0.687. The number of esters is 1. The Morgan fingerprint density at radius 2 is 2.13 bits per heavy atom. The monoisotopic (exact) mass is 213 g/mol. The van der Waals surface area contributed by atoms with Crippen molar-refractivity contribution in [3.05, 3.63) is 0 Å². The molecule has 0 spiro atoms. The zero-order valence-electron chi connectivity index (χ0n) is 10.1. The van der Waals surface area contributed by atoms with Crippen LogP contribution in [-0.2, 0) is 9.53 Å². The van der Waals surface area contributed by atoms with Crippen LogP contribution in [0.15, 0.2) is 0 Å². The molecule has 1 N–H and O–H groups in total. The summed E-state index contributed by atoms with van der Waals surface area (Å²) >= 11 is 0. The van der Waals surface area contributed by atoms with E-state index in [-0.39, 0.29) is 12.0 Å². The van der Waals surface area contributed by atoms with E-state index in [9.17, 15) is 4.79 Å². The number of hydrogen-bond acceptors (Lipinski definition) is 3. The Hall–Kier alpha value is -0.570. The third kappa shape index (κ3) is 3.20. The summed E-state index contributed by atoms with van der Waals surface area (Å²) in [5, 5.41) is 3.29. The topological polar surface area (TPSA) is 38.3 Å². The summed E-state index contributed by atoms with van der Waals surface area (Å²) in [6.45, 7) is 7.35. The molecule has 0 aliphatic heterocycles. The summed E-state index contributed by atoms with van der Waals surface area (Å²) in [7, 11) is 0. The predicted molar refractivity (Wildman–Crippen MR) is 60.7 cm³/mol. The average Bonchev–Trinajstić information content (AvgIpc) is 2.17. The SMILES string of the molecule is CCOC(=O)C(C)NCC1(CC)CCC1. The summed E-state index contributed by atoms with van der Waals surface area (Å²) in [6.07, 6.45) is 5.14. The molecular formula is C12H23NO2. The lowest BCUT2D eigenvalue weighted by molar-refractivity contribution is -0.145. The van der Waals surface area contributed by atoms with Gasteiger partial charge in [0.15, 0.2) is 0 Å². The van der Waals surface area contributed by atoms with E-state index in [4.69, 9.17) is 4.74 Å². The zero-order chi connectivity index (χ0) is 11.3. The Morgan fingerprint density at radius 1 is 1.47 bits per heavy atom. The van der Waals surface area contributed by atoms with Crippen molar-refractivity contribution in [2.45, 2.75) is 52.5 Å². The van der Waals surface area contributed by atoms with E-state index in [1.807, 2.05) is 13.8 Å². The van der Waals surface area contributed by atoms with Gasteiger partial charge in [0, 0.05) is 6.54 Å². The van der Waals surface area contributed by atoms with Crippen molar-refractivity contribution in [1.82, 2.24) is 5.32 Å². The van der Waals surface area contributed by atoms with Gasteiger partial charge in [-0.15, -0.1) is 0 Å². The summed E-state index contributed by atoms with van der Waals surface area (Å²) < 4.78 is 4.95. The molecule has 0 amide bonds. The van der Waals surface area contributed by atoms with Gasteiger partial charge in [0.2, 0.25) is 0 Å². The molecule has 0 radical (unpaired) electrons. The first-order valence-electron chi connectivity index (χ1n) is 6.03. The van der Waals surface area contributed by atoms with E-state index in [0.717, 1.165) is 6.54 Å². The van der Waals surface area contributed by atoms with E-state index in [1.165, 1.54) is 25.7 Å². The molecular weight excluding hydrogens is 190 g/mol. The van der Waals surface area contributed by atoms with E-state index in [0.29, 0.717) is 12.0 Å². The van der Waals surface area contributed by atoms with Gasteiger partial charge in [0.05, 0.1) is 6.61 Å². The molecule has 15 heavy (non-hydrogen) atoms.